The molecule has 9 heteroatoms. The van der Waals surface area contributed by atoms with E-state index in [2.05, 4.69) is 15.5 Å². The molecule has 5 nitrogen and oxygen atoms in total. The second-order valence-corrected chi connectivity index (χ2v) is 7.47. The van der Waals surface area contributed by atoms with E-state index in [1.807, 2.05) is 31.2 Å². The average Bonchev–Trinajstić information content (AvgIpc) is 3.10. The SMILES string of the molecule is Cc1cccc(-c2nnc(SCC(=O)Nc3ccc(SC(F)F)cc3)o2)c1. The highest BCUT2D eigenvalue weighted by atomic mass is 32.2. The summed E-state index contributed by atoms with van der Waals surface area (Å²) < 4.78 is 30.2. The summed E-state index contributed by atoms with van der Waals surface area (Å²) in [5.41, 5.74) is 2.43. The van der Waals surface area contributed by atoms with E-state index in [9.17, 15) is 13.6 Å². The number of halogens is 2. The standard InChI is InChI=1S/C18H15F2N3O2S2/c1-11-3-2-4-12(9-11)16-22-23-18(25-16)26-10-15(24)21-13-5-7-14(8-6-13)27-17(19)20/h2-9,17H,10H2,1H3,(H,21,24). The Labute approximate surface area is 162 Å². The number of rotatable bonds is 7. The van der Waals surface area contributed by atoms with E-state index in [1.54, 1.807) is 12.1 Å². The van der Waals surface area contributed by atoms with E-state index in [0.29, 0.717) is 33.5 Å². The first-order valence-electron chi connectivity index (χ1n) is 7.87. The van der Waals surface area contributed by atoms with Crippen molar-refractivity contribution < 1.29 is 18.0 Å². The van der Waals surface area contributed by atoms with Crippen molar-refractivity contribution in [3.8, 4) is 11.5 Å². The van der Waals surface area contributed by atoms with E-state index >= 15 is 0 Å². The van der Waals surface area contributed by atoms with Gasteiger partial charge in [0.05, 0.1) is 5.75 Å². The van der Waals surface area contributed by atoms with Gasteiger partial charge in [-0.05, 0) is 43.3 Å². The molecule has 0 spiro atoms. The summed E-state index contributed by atoms with van der Waals surface area (Å²) in [5, 5.41) is 10.9. The Balaban J connectivity index is 1.52. The Morgan fingerprint density at radius 3 is 2.67 bits per heavy atom. The minimum Gasteiger partial charge on any atom is -0.411 e. The summed E-state index contributed by atoms with van der Waals surface area (Å²) in [6, 6.07) is 13.9. The summed E-state index contributed by atoms with van der Waals surface area (Å²) in [4.78, 5) is 12.5. The molecule has 0 radical (unpaired) electrons. The zero-order chi connectivity index (χ0) is 19.2. The maximum atomic E-state index is 12.3. The number of anilines is 1. The Morgan fingerprint density at radius 1 is 1.19 bits per heavy atom. The van der Waals surface area contributed by atoms with Crippen LogP contribution in [0.5, 0.6) is 0 Å². The summed E-state index contributed by atoms with van der Waals surface area (Å²) >= 11 is 1.58. The van der Waals surface area contributed by atoms with Crippen LogP contribution in [-0.2, 0) is 4.79 Å². The number of amides is 1. The molecule has 0 unspecified atom stereocenters. The van der Waals surface area contributed by atoms with Gasteiger partial charge in [0.25, 0.3) is 11.0 Å². The fraction of sp³-hybridized carbons (Fsp3) is 0.167. The van der Waals surface area contributed by atoms with Crippen LogP contribution in [0, 0.1) is 6.92 Å². The van der Waals surface area contributed by atoms with Crippen LogP contribution in [0.1, 0.15) is 5.56 Å². The van der Waals surface area contributed by atoms with Crippen molar-refractivity contribution in [2.24, 2.45) is 0 Å². The van der Waals surface area contributed by atoms with E-state index in [-0.39, 0.29) is 11.7 Å². The Morgan fingerprint density at radius 2 is 1.96 bits per heavy atom. The molecule has 1 N–H and O–H groups in total. The van der Waals surface area contributed by atoms with Gasteiger partial charge in [0.1, 0.15) is 0 Å². The lowest BCUT2D eigenvalue weighted by Gasteiger charge is -2.05. The molecule has 0 saturated carbocycles. The predicted molar refractivity (Wildman–Crippen MR) is 102 cm³/mol. The van der Waals surface area contributed by atoms with Crippen LogP contribution in [-0.4, -0.2) is 27.6 Å². The van der Waals surface area contributed by atoms with Gasteiger partial charge in [-0.1, -0.05) is 41.2 Å². The minimum absolute atomic E-state index is 0.0863. The van der Waals surface area contributed by atoms with Gasteiger partial charge in [0, 0.05) is 16.1 Å². The van der Waals surface area contributed by atoms with Crippen molar-refractivity contribution >= 4 is 35.1 Å². The third kappa shape index (κ3) is 5.80. The molecule has 0 aliphatic rings. The number of hydrogen-bond acceptors (Lipinski definition) is 6. The van der Waals surface area contributed by atoms with Crippen LogP contribution in [0.4, 0.5) is 14.5 Å². The zero-order valence-electron chi connectivity index (χ0n) is 14.2. The molecule has 0 saturated heterocycles. The number of nitrogens with one attached hydrogen (secondary N) is 1. The normalized spacial score (nSPS) is 11.0. The largest absolute Gasteiger partial charge is 0.411 e. The summed E-state index contributed by atoms with van der Waals surface area (Å²) in [6.07, 6.45) is 0. The van der Waals surface area contributed by atoms with E-state index in [1.165, 1.54) is 12.1 Å². The van der Waals surface area contributed by atoms with Crippen molar-refractivity contribution in [1.29, 1.82) is 0 Å². The molecular formula is C18H15F2N3O2S2. The Bertz CT molecular complexity index is 917. The van der Waals surface area contributed by atoms with Gasteiger partial charge in [0.2, 0.25) is 11.8 Å². The molecule has 3 aromatic rings. The fourth-order valence-corrected chi connectivity index (χ4v) is 3.27. The molecule has 1 amide bonds. The number of hydrogen-bond donors (Lipinski definition) is 1. The highest BCUT2D eigenvalue weighted by molar-refractivity contribution is 7.99. The van der Waals surface area contributed by atoms with Gasteiger partial charge in [-0.25, -0.2) is 0 Å². The van der Waals surface area contributed by atoms with Crippen LogP contribution in [0.2, 0.25) is 0 Å². The van der Waals surface area contributed by atoms with E-state index < -0.39 is 5.76 Å². The molecule has 0 bridgehead atoms. The highest BCUT2D eigenvalue weighted by Crippen LogP contribution is 2.27. The lowest BCUT2D eigenvalue weighted by molar-refractivity contribution is -0.113. The number of carbonyl (C=O) groups excluding carboxylic acids is 1. The van der Waals surface area contributed by atoms with Gasteiger partial charge < -0.3 is 9.73 Å². The fourth-order valence-electron chi connectivity index (χ4n) is 2.21. The van der Waals surface area contributed by atoms with Crippen molar-refractivity contribution in [1.82, 2.24) is 10.2 Å². The van der Waals surface area contributed by atoms with Crippen LogP contribution in [0.25, 0.3) is 11.5 Å². The Hall–Kier alpha value is -2.39. The minimum atomic E-state index is -2.47. The van der Waals surface area contributed by atoms with E-state index in [0.717, 1.165) is 22.9 Å². The smallest absolute Gasteiger partial charge is 0.288 e. The molecule has 0 fully saturated rings. The molecule has 1 aromatic heterocycles. The van der Waals surface area contributed by atoms with Gasteiger partial charge in [-0.2, -0.15) is 8.78 Å². The first kappa shape index (κ1) is 19.4. The van der Waals surface area contributed by atoms with Crippen LogP contribution in [0.15, 0.2) is 63.1 Å². The quantitative estimate of drug-likeness (QED) is 0.550. The number of thioether (sulfide) groups is 2. The van der Waals surface area contributed by atoms with Crippen LogP contribution in [0.3, 0.4) is 0 Å². The number of nitrogens with zero attached hydrogens (tertiary/aromatic N) is 2. The number of aromatic nitrogens is 2. The molecule has 1 heterocycles. The lowest BCUT2D eigenvalue weighted by atomic mass is 10.1. The molecule has 27 heavy (non-hydrogen) atoms. The molecule has 140 valence electrons. The summed E-state index contributed by atoms with van der Waals surface area (Å²) in [6.45, 7) is 1.97. The van der Waals surface area contributed by atoms with Crippen LogP contribution < -0.4 is 5.32 Å². The first-order valence-corrected chi connectivity index (χ1v) is 9.74. The molecule has 0 aliphatic carbocycles. The summed E-state index contributed by atoms with van der Waals surface area (Å²) in [7, 11) is 0. The maximum absolute atomic E-state index is 12.3. The highest BCUT2D eigenvalue weighted by Gasteiger charge is 2.12. The van der Waals surface area contributed by atoms with Gasteiger partial charge in [-0.3, -0.25) is 4.79 Å². The maximum Gasteiger partial charge on any atom is 0.288 e. The molecule has 0 atom stereocenters. The topological polar surface area (TPSA) is 68.0 Å². The molecule has 0 aliphatic heterocycles. The lowest BCUT2D eigenvalue weighted by Crippen LogP contribution is -2.13. The zero-order valence-corrected chi connectivity index (χ0v) is 15.8. The molecule has 3 rings (SSSR count). The molecule has 2 aromatic carbocycles. The third-order valence-electron chi connectivity index (χ3n) is 3.36. The van der Waals surface area contributed by atoms with Crippen molar-refractivity contribution in [2.45, 2.75) is 22.8 Å². The summed E-state index contributed by atoms with van der Waals surface area (Å²) in [5.74, 6) is -2.25. The first-order chi connectivity index (χ1) is 13.0. The predicted octanol–water partition coefficient (Wildman–Crippen LogP) is 5.09. The Kier molecular flexibility index (Phi) is 6.46. The van der Waals surface area contributed by atoms with Crippen molar-refractivity contribution in [3.05, 3.63) is 54.1 Å². The number of benzene rings is 2. The van der Waals surface area contributed by atoms with Crippen LogP contribution >= 0.6 is 23.5 Å². The number of alkyl halides is 2. The van der Waals surface area contributed by atoms with Gasteiger partial charge in [0.15, 0.2) is 0 Å². The second kappa shape index (κ2) is 9.01. The van der Waals surface area contributed by atoms with Crippen molar-refractivity contribution in [3.63, 3.8) is 0 Å². The van der Waals surface area contributed by atoms with E-state index in [4.69, 9.17) is 4.42 Å². The van der Waals surface area contributed by atoms with Crippen molar-refractivity contribution in [2.75, 3.05) is 11.1 Å². The second-order valence-electron chi connectivity index (χ2n) is 5.48. The third-order valence-corrected chi connectivity index (χ3v) is 4.90. The van der Waals surface area contributed by atoms with Gasteiger partial charge >= 0.3 is 0 Å². The number of carbonyl (C=O) groups is 1. The monoisotopic (exact) mass is 407 g/mol. The average molecular weight is 407 g/mol. The molecular weight excluding hydrogens is 392 g/mol. The van der Waals surface area contributed by atoms with Gasteiger partial charge in [-0.15, -0.1) is 10.2 Å². The number of aryl methyl sites for hydroxylation is 1.